The van der Waals surface area contributed by atoms with Gasteiger partial charge in [0.2, 0.25) is 0 Å². The van der Waals surface area contributed by atoms with Crippen molar-refractivity contribution in [2.24, 2.45) is 0 Å². The number of rotatable bonds is 7. The van der Waals surface area contributed by atoms with Crippen molar-refractivity contribution in [3.63, 3.8) is 0 Å². The average Bonchev–Trinajstić information content (AvgIpc) is 2.58. The second kappa shape index (κ2) is 9.38. The highest BCUT2D eigenvalue weighted by Gasteiger charge is 2.17. The van der Waals surface area contributed by atoms with Crippen LogP contribution in [0.15, 0.2) is 34.9 Å². The van der Waals surface area contributed by atoms with Gasteiger partial charge in [0.05, 0.1) is 13.7 Å². The Morgan fingerprint density at radius 3 is 2.39 bits per heavy atom. The number of nitrogens with zero attached hydrogens (tertiary/aromatic N) is 1. The molecule has 1 aromatic rings. The molecule has 122 valence electrons. The topological polar surface area (TPSA) is 100 Å². The van der Waals surface area contributed by atoms with Crippen LogP contribution in [0.3, 0.4) is 0 Å². The van der Waals surface area contributed by atoms with Gasteiger partial charge in [-0.05, 0) is 37.4 Å². The van der Waals surface area contributed by atoms with Gasteiger partial charge in [-0.25, -0.2) is 4.79 Å². The highest BCUT2D eigenvalue weighted by molar-refractivity contribution is 8.02. The number of benzene rings is 1. The maximum atomic E-state index is 12.0. The zero-order valence-corrected chi connectivity index (χ0v) is 13.8. The molecule has 0 unspecified atom stereocenters. The van der Waals surface area contributed by atoms with Crippen molar-refractivity contribution in [2.75, 3.05) is 20.0 Å². The molecule has 1 rings (SSSR count). The van der Waals surface area contributed by atoms with Gasteiger partial charge in [0.25, 0.3) is 5.91 Å². The third-order valence-electron chi connectivity index (χ3n) is 2.66. The first-order chi connectivity index (χ1) is 11.1. The number of ether oxygens (including phenoxy) is 2. The molecule has 8 heteroatoms. The van der Waals surface area contributed by atoms with Gasteiger partial charge < -0.3 is 9.47 Å². The minimum Gasteiger partial charge on any atom is -0.497 e. The summed E-state index contributed by atoms with van der Waals surface area (Å²) in [5.74, 6) is -0.529. The predicted molar refractivity (Wildman–Crippen MR) is 86.4 cm³/mol. The quantitative estimate of drug-likeness (QED) is 0.338. The van der Waals surface area contributed by atoms with Crippen LogP contribution >= 0.6 is 11.8 Å². The van der Waals surface area contributed by atoms with E-state index in [9.17, 15) is 9.59 Å². The van der Waals surface area contributed by atoms with Gasteiger partial charge in [-0.15, -0.1) is 11.8 Å². The lowest BCUT2D eigenvalue weighted by molar-refractivity contribution is -0.138. The van der Waals surface area contributed by atoms with E-state index in [1.807, 2.05) is 0 Å². The molecule has 0 aliphatic carbocycles. The molecule has 0 aliphatic heterocycles. The summed E-state index contributed by atoms with van der Waals surface area (Å²) < 4.78 is 9.81. The Morgan fingerprint density at radius 1 is 1.26 bits per heavy atom. The van der Waals surface area contributed by atoms with Gasteiger partial charge in [-0.3, -0.25) is 15.6 Å². The fourth-order valence-electron chi connectivity index (χ4n) is 1.54. The maximum absolute atomic E-state index is 12.0. The molecule has 0 saturated heterocycles. The predicted octanol–water partition coefficient (Wildman–Crippen LogP) is 1.59. The van der Waals surface area contributed by atoms with Crippen LogP contribution in [0.4, 0.5) is 0 Å². The average molecular weight is 335 g/mol. The second-order valence-electron chi connectivity index (χ2n) is 4.05. The highest BCUT2D eigenvalue weighted by Crippen LogP contribution is 2.15. The van der Waals surface area contributed by atoms with Gasteiger partial charge >= 0.3 is 5.97 Å². The molecule has 0 saturated carbocycles. The summed E-state index contributed by atoms with van der Waals surface area (Å²) in [7, 11) is 1.53. The van der Waals surface area contributed by atoms with Crippen molar-refractivity contribution in [3.05, 3.63) is 40.4 Å². The van der Waals surface area contributed by atoms with Gasteiger partial charge in [0, 0.05) is 5.56 Å². The van der Waals surface area contributed by atoms with E-state index < -0.39 is 11.9 Å². The number of thioether (sulfide) groups is 1. The SMILES string of the molecule is CCOC(=O)C(C#N)=C(NNC(=O)c1ccc(OC)cc1)SC. The minimum absolute atomic E-state index is 0.157. The van der Waals surface area contributed by atoms with Crippen molar-refractivity contribution in [2.45, 2.75) is 6.92 Å². The minimum atomic E-state index is -0.745. The Hall–Kier alpha value is -2.66. The van der Waals surface area contributed by atoms with Crippen molar-refractivity contribution < 1.29 is 19.1 Å². The van der Waals surface area contributed by atoms with E-state index in [1.165, 1.54) is 7.11 Å². The summed E-state index contributed by atoms with van der Waals surface area (Å²) in [6, 6.07) is 8.26. The van der Waals surface area contributed by atoms with Crippen molar-refractivity contribution in [1.82, 2.24) is 10.9 Å². The summed E-state index contributed by atoms with van der Waals surface area (Å²) in [4.78, 5) is 23.7. The lowest BCUT2D eigenvalue weighted by atomic mass is 10.2. The Labute approximate surface area is 138 Å². The number of esters is 1. The molecular weight excluding hydrogens is 318 g/mol. The van der Waals surface area contributed by atoms with E-state index in [0.29, 0.717) is 11.3 Å². The monoisotopic (exact) mass is 335 g/mol. The molecule has 0 bridgehead atoms. The summed E-state index contributed by atoms with van der Waals surface area (Å²) in [6.07, 6.45) is 1.67. The Morgan fingerprint density at radius 2 is 1.91 bits per heavy atom. The molecule has 1 aromatic carbocycles. The normalized spacial score (nSPS) is 10.9. The van der Waals surface area contributed by atoms with Crippen LogP contribution in [-0.2, 0) is 9.53 Å². The van der Waals surface area contributed by atoms with E-state index >= 15 is 0 Å². The molecule has 0 aliphatic rings. The molecule has 7 nitrogen and oxygen atoms in total. The van der Waals surface area contributed by atoms with E-state index in [-0.39, 0.29) is 17.2 Å². The van der Waals surface area contributed by atoms with Gasteiger partial charge in [0.15, 0.2) is 5.57 Å². The van der Waals surface area contributed by atoms with E-state index in [2.05, 4.69) is 10.9 Å². The van der Waals surface area contributed by atoms with Gasteiger partial charge in [-0.1, -0.05) is 0 Å². The van der Waals surface area contributed by atoms with E-state index in [4.69, 9.17) is 14.7 Å². The van der Waals surface area contributed by atoms with Crippen LogP contribution in [0.2, 0.25) is 0 Å². The number of nitriles is 1. The van der Waals surface area contributed by atoms with Gasteiger partial charge in [0.1, 0.15) is 16.8 Å². The lowest BCUT2D eigenvalue weighted by Gasteiger charge is -2.12. The van der Waals surface area contributed by atoms with E-state index in [1.54, 1.807) is 43.5 Å². The first-order valence-corrected chi connectivity index (χ1v) is 7.85. The third-order valence-corrected chi connectivity index (χ3v) is 3.38. The molecule has 0 fully saturated rings. The van der Waals surface area contributed by atoms with Crippen LogP contribution in [-0.4, -0.2) is 31.8 Å². The zero-order valence-electron chi connectivity index (χ0n) is 13.0. The van der Waals surface area contributed by atoms with Crippen LogP contribution in [0.5, 0.6) is 5.75 Å². The largest absolute Gasteiger partial charge is 0.497 e. The molecule has 2 N–H and O–H groups in total. The standard InChI is InChI=1S/C15H17N3O4S/c1-4-22-15(20)12(9-16)14(23-3)18-17-13(19)10-5-7-11(21-2)8-6-10/h5-8,18H,4H2,1-3H3,(H,17,19). The molecule has 0 heterocycles. The Kier molecular flexibility index (Phi) is 7.50. The first kappa shape index (κ1) is 18.4. The fourth-order valence-corrected chi connectivity index (χ4v) is 2.02. The number of carbonyl (C=O) groups excluding carboxylic acids is 2. The van der Waals surface area contributed by atoms with Crippen LogP contribution in [0, 0.1) is 11.3 Å². The number of hydrogen-bond acceptors (Lipinski definition) is 7. The number of methoxy groups -OCH3 is 1. The number of amides is 1. The molecule has 0 atom stereocenters. The van der Waals surface area contributed by atoms with Crippen LogP contribution < -0.4 is 15.6 Å². The summed E-state index contributed by atoms with van der Waals surface area (Å²) >= 11 is 1.11. The molecule has 0 radical (unpaired) electrons. The van der Waals surface area contributed by atoms with E-state index in [0.717, 1.165) is 11.8 Å². The smallest absolute Gasteiger partial charge is 0.351 e. The van der Waals surface area contributed by atoms with Crippen LogP contribution in [0.1, 0.15) is 17.3 Å². The lowest BCUT2D eigenvalue weighted by Crippen LogP contribution is -2.37. The van der Waals surface area contributed by atoms with Crippen molar-refractivity contribution in [3.8, 4) is 11.8 Å². The second-order valence-corrected chi connectivity index (χ2v) is 4.86. The number of nitrogens with one attached hydrogen (secondary N) is 2. The van der Waals surface area contributed by atoms with Crippen molar-refractivity contribution >= 4 is 23.6 Å². The number of hydrazine groups is 1. The van der Waals surface area contributed by atoms with Crippen molar-refractivity contribution in [1.29, 1.82) is 5.26 Å². The molecule has 0 spiro atoms. The summed E-state index contributed by atoms with van der Waals surface area (Å²) in [5, 5.41) is 9.28. The fraction of sp³-hybridized carbons (Fsp3) is 0.267. The number of hydrogen-bond donors (Lipinski definition) is 2. The first-order valence-electron chi connectivity index (χ1n) is 6.63. The molecule has 0 aromatic heterocycles. The molecule has 1 amide bonds. The van der Waals surface area contributed by atoms with Crippen LogP contribution in [0.25, 0.3) is 0 Å². The Balaban J connectivity index is 2.81. The summed E-state index contributed by atoms with van der Waals surface area (Å²) in [6.45, 7) is 1.80. The third kappa shape index (κ3) is 5.23. The van der Waals surface area contributed by atoms with Gasteiger partial charge in [-0.2, -0.15) is 5.26 Å². The number of carbonyl (C=O) groups is 2. The zero-order chi connectivity index (χ0) is 17.2. The molecule has 23 heavy (non-hydrogen) atoms. The Bertz CT molecular complexity index is 635. The molecular formula is C15H17N3O4S. The summed E-state index contributed by atoms with van der Waals surface area (Å²) in [5.41, 5.74) is 5.20. The maximum Gasteiger partial charge on any atom is 0.351 e. The highest BCUT2D eigenvalue weighted by atomic mass is 32.2.